The SMILES string of the molecule is COCCOC(=O)CC1C(=O)NCCN1C(=S)NC(=O)C=Cc1ccc(OC)cc1. The molecule has 2 N–H and O–H groups in total. The van der Waals surface area contributed by atoms with Crippen LogP contribution in [0.15, 0.2) is 30.3 Å². The highest BCUT2D eigenvalue weighted by atomic mass is 32.1. The van der Waals surface area contributed by atoms with Gasteiger partial charge in [-0.15, -0.1) is 0 Å². The van der Waals surface area contributed by atoms with Gasteiger partial charge in [-0.25, -0.2) is 0 Å². The maximum absolute atomic E-state index is 12.2. The second-order valence-electron chi connectivity index (χ2n) is 6.32. The third-order valence-electron chi connectivity index (χ3n) is 4.28. The summed E-state index contributed by atoms with van der Waals surface area (Å²) in [6.07, 6.45) is 2.78. The summed E-state index contributed by atoms with van der Waals surface area (Å²) in [4.78, 5) is 38.0. The van der Waals surface area contributed by atoms with E-state index < -0.39 is 17.9 Å². The van der Waals surface area contributed by atoms with Crippen LogP contribution in [0.5, 0.6) is 5.75 Å². The van der Waals surface area contributed by atoms with Gasteiger partial charge in [0, 0.05) is 26.3 Å². The zero-order valence-corrected chi connectivity index (χ0v) is 17.7. The molecule has 1 unspecified atom stereocenters. The molecule has 1 aliphatic heterocycles. The molecule has 2 rings (SSSR count). The lowest BCUT2D eigenvalue weighted by Crippen LogP contribution is -2.60. The third kappa shape index (κ3) is 7.12. The fourth-order valence-corrected chi connectivity index (χ4v) is 3.04. The van der Waals surface area contributed by atoms with E-state index in [0.717, 1.165) is 5.56 Å². The Bertz CT molecular complexity index is 796. The van der Waals surface area contributed by atoms with Crippen LogP contribution in [0.25, 0.3) is 6.08 Å². The van der Waals surface area contributed by atoms with Crippen LogP contribution in [0, 0.1) is 0 Å². The molecule has 1 atom stereocenters. The van der Waals surface area contributed by atoms with E-state index in [4.69, 9.17) is 26.4 Å². The number of methoxy groups -OCH3 is 2. The van der Waals surface area contributed by atoms with Gasteiger partial charge in [-0.2, -0.15) is 0 Å². The minimum atomic E-state index is -0.854. The van der Waals surface area contributed by atoms with Crippen LogP contribution in [0.3, 0.4) is 0 Å². The minimum Gasteiger partial charge on any atom is -0.497 e. The number of carbonyl (C=O) groups is 3. The molecule has 2 amide bonds. The fourth-order valence-electron chi connectivity index (χ4n) is 2.72. The minimum absolute atomic E-state index is 0.0731. The Morgan fingerprint density at radius 2 is 2.00 bits per heavy atom. The van der Waals surface area contributed by atoms with E-state index >= 15 is 0 Å². The first-order valence-electron chi connectivity index (χ1n) is 9.30. The van der Waals surface area contributed by atoms with Gasteiger partial charge in [-0.05, 0) is 36.0 Å². The molecular formula is C20H25N3O6S. The maximum atomic E-state index is 12.2. The number of ether oxygens (including phenoxy) is 3. The molecule has 1 aliphatic rings. The lowest BCUT2D eigenvalue weighted by Gasteiger charge is -2.36. The Hall–Kier alpha value is -2.98. The smallest absolute Gasteiger partial charge is 0.308 e. The van der Waals surface area contributed by atoms with E-state index in [2.05, 4.69) is 10.6 Å². The predicted molar refractivity (Wildman–Crippen MR) is 114 cm³/mol. The van der Waals surface area contributed by atoms with Gasteiger partial charge in [0.1, 0.15) is 18.4 Å². The largest absolute Gasteiger partial charge is 0.497 e. The van der Waals surface area contributed by atoms with Crippen molar-refractivity contribution >= 4 is 41.2 Å². The van der Waals surface area contributed by atoms with Gasteiger partial charge in [0.25, 0.3) is 0 Å². The highest BCUT2D eigenvalue weighted by Crippen LogP contribution is 2.13. The van der Waals surface area contributed by atoms with E-state index in [9.17, 15) is 14.4 Å². The molecule has 0 radical (unpaired) electrons. The number of piperazine rings is 1. The number of nitrogens with one attached hydrogen (secondary N) is 2. The summed E-state index contributed by atoms with van der Waals surface area (Å²) in [5.41, 5.74) is 0.811. The third-order valence-corrected chi connectivity index (χ3v) is 4.61. The van der Waals surface area contributed by atoms with Gasteiger partial charge in [-0.3, -0.25) is 19.7 Å². The molecule has 0 spiro atoms. The number of rotatable bonds is 8. The van der Waals surface area contributed by atoms with Crippen molar-refractivity contribution in [1.82, 2.24) is 15.5 Å². The number of amides is 2. The molecule has 0 aliphatic carbocycles. The van der Waals surface area contributed by atoms with Gasteiger partial charge in [0.2, 0.25) is 11.8 Å². The highest BCUT2D eigenvalue weighted by Gasteiger charge is 2.34. The Morgan fingerprint density at radius 3 is 2.67 bits per heavy atom. The molecule has 1 fully saturated rings. The van der Waals surface area contributed by atoms with Crippen LogP contribution in [-0.4, -0.2) is 74.4 Å². The number of thiocarbonyl (C=S) groups is 1. The van der Waals surface area contributed by atoms with Gasteiger partial charge in [0.05, 0.1) is 20.1 Å². The van der Waals surface area contributed by atoms with Crippen LogP contribution in [0.1, 0.15) is 12.0 Å². The van der Waals surface area contributed by atoms with Crippen LogP contribution >= 0.6 is 12.2 Å². The van der Waals surface area contributed by atoms with Crippen LogP contribution in [0.2, 0.25) is 0 Å². The number of esters is 1. The molecule has 1 aromatic carbocycles. The molecule has 0 bridgehead atoms. The van der Waals surface area contributed by atoms with Gasteiger partial charge in [-0.1, -0.05) is 12.1 Å². The first-order chi connectivity index (χ1) is 14.4. The Labute approximate surface area is 180 Å². The van der Waals surface area contributed by atoms with Crippen molar-refractivity contribution in [2.45, 2.75) is 12.5 Å². The summed E-state index contributed by atoms with van der Waals surface area (Å²) in [7, 11) is 3.07. The molecule has 1 saturated heterocycles. The summed E-state index contributed by atoms with van der Waals surface area (Å²) >= 11 is 5.29. The number of nitrogens with zero attached hydrogens (tertiary/aromatic N) is 1. The fraction of sp³-hybridized carbons (Fsp3) is 0.400. The van der Waals surface area contributed by atoms with Crippen molar-refractivity contribution in [1.29, 1.82) is 0 Å². The van der Waals surface area contributed by atoms with Crippen LogP contribution in [-0.2, 0) is 23.9 Å². The number of hydrogen-bond donors (Lipinski definition) is 2. The summed E-state index contributed by atoms with van der Waals surface area (Å²) in [5, 5.41) is 5.34. The van der Waals surface area contributed by atoms with E-state index in [1.807, 2.05) is 0 Å². The first-order valence-corrected chi connectivity index (χ1v) is 9.71. The lowest BCUT2D eigenvalue weighted by molar-refractivity contribution is -0.148. The number of hydrogen-bond acceptors (Lipinski definition) is 7. The summed E-state index contributed by atoms with van der Waals surface area (Å²) < 4.78 is 14.9. The zero-order valence-electron chi connectivity index (χ0n) is 16.9. The van der Waals surface area contributed by atoms with E-state index in [-0.39, 0.29) is 30.7 Å². The van der Waals surface area contributed by atoms with Gasteiger partial charge in [0.15, 0.2) is 5.11 Å². The van der Waals surface area contributed by atoms with Crippen molar-refractivity contribution < 1.29 is 28.6 Å². The molecular weight excluding hydrogens is 410 g/mol. The highest BCUT2D eigenvalue weighted by molar-refractivity contribution is 7.80. The normalized spacial score (nSPS) is 16.1. The predicted octanol–water partition coefficient (Wildman–Crippen LogP) is 0.490. The van der Waals surface area contributed by atoms with Crippen LogP contribution in [0.4, 0.5) is 0 Å². The Morgan fingerprint density at radius 1 is 1.27 bits per heavy atom. The number of benzene rings is 1. The van der Waals surface area contributed by atoms with Gasteiger partial charge >= 0.3 is 5.97 Å². The van der Waals surface area contributed by atoms with Crippen molar-refractivity contribution in [2.24, 2.45) is 0 Å². The average molecular weight is 436 g/mol. The molecule has 30 heavy (non-hydrogen) atoms. The zero-order chi connectivity index (χ0) is 21.9. The van der Waals surface area contributed by atoms with Crippen molar-refractivity contribution in [3.63, 3.8) is 0 Å². The molecule has 162 valence electrons. The van der Waals surface area contributed by atoms with Crippen molar-refractivity contribution in [2.75, 3.05) is 40.5 Å². The molecule has 0 saturated carbocycles. The maximum Gasteiger partial charge on any atom is 0.308 e. The first kappa shape index (κ1) is 23.3. The monoisotopic (exact) mass is 435 g/mol. The summed E-state index contributed by atoms with van der Waals surface area (Å²) in [6, 6.07) is 6.32. The quantitative estimate of drug-likeness (QED) is 0.263. The van der Waals surface area contributed by atoms with Crippen molar-refractivity contribution in [3.05, 3.63) is 35.9 Å². The average Bonchev–Trinajstić information content (AvgIpc) is 2.74. The second-order valence-corrected chi connectivity index (χ2v) is 6.71. The standard InChI is InChI=1S/C20H25N3O6S/c1-27-11-12-29-18(25)13-16-19(26)21-9-10-23(16)20(30)22-17(24)8-5-14-3-6-15(28-2)7-4-14/h3-8,16H,9-13H2,1-2H3,(H,21,26)(H,22,24,30). The lowest BCUT2D eigenvalue weighted by atomic mass is 10.1. The Balaban J connectivity index is 1.94. The summed E-state index contributed by atoms with van der Waals surface area (Å²) in [5.74, 6) is -0.626. The van der Waals surface area contributed by atoms with Crippen LogP contribution < -0.4 is 15.4 Å². The van der Waals surface area contributed by atoms with Crippen molar-refractivity contribution in [3.8, 4) is 5.75 Å². The molecule has 1 aromatic rings. The van der Waals surface area contributed by atoms with E-state index in [0.29, 0.717) is 18.8 Å². The molecule has 10 heteroatoms. The Kier molecular flexibility index (Phi) is 9.23. The van der Waals surface area contributed by atoms with E-state index in [1.54, 1.807) is 37.5 Å². The molecule has 9 nitrogen and oxygen atoms in total. The number of carbonyl (C=O) groups excluding carboxylic acids is 3. The topological polar surface area (TPSA) is 106 Å². The van der Waals surface area contributed by atoms with Gasteiger partial charge < -0.3 is 24.4 Å². The molecule has 1 heterocycles. The molecule has 0 aromatic heterocycles. The summed E-state index contributed by atoms with van der Waals surface area (Å²) in [6.45, 7) is 1.08. The van der Waals surface area contributed by atoms with E-state index in [1.165, 1.54) is 18.1 Å². The second kappa shape index (κ2) is 11.9.